The van der Waals surface area contributed by atoms with Crippen LogP contribution in [-0.2, 0) is 0 Å². The molecule has 1 saturated carbocycles. The van der Waals surface area contributed by atoms with Crippen molar-refractivity contribution in [1.82, 2.24) is 0 Å². The molecule has 0 amide bonds. The number of fused-ring (bicyclic) bond motifs is 7. The Hall–Kier alpha value is -5.74. The summed E-state index contributed by atoms with van der Waals surface area (Å²) in [5, 5.41) is 8.01. The van der Waals surface area contributed by atoms with E-state index in [1.54, 1.807) is 0 Å². The number of benzene rings is 8. The molecule has 0 bridgehead atoms. The Morgan fingerprint density at radius 1 is 0.436 bits per heavy atom. The van der Waals surface area contributed by atoms with Gasteiger partial charge in [0.05, 0.1) is 16.1 Å². The molecule has 8 aromatic carbocycles. The molecule has 0 spiro atoms. The molecule has 11 rings (SSSR count). The van der Waals surface area contributed by atoms with Crippen molar-refractivity contribution in [2.75, 3.05) is 4.90 Å². The minimum Gasteiger partial charge on any atom is -0.308 e. The summed E-state index contributed by atoms with van der Waals surface area (Å²) in [6, 6.07) is 63.6. The van der Waals surface area contributed by atoms with Crippen LogP contribution in [0.15, 0.2) is 170 Å². The molecule has 2 heterocycles. The number of rotatable bonds is 6. The fourth-order valence-corrected chi connectivity index (χ4v) is 11.8. The van der Waals surface area contributed by atoms with Gasteiger partial charge >= 0.3 is 0 Å². The Bertz CT molecular complexity index is 3040. The molecule has 264 valence electrons. The molecule has 0 radical (unpaired) electrons. The number of hydrogen-bond acceptors (Lipinski definition) is 3. The van der Waals surface area contributed by atoms with Crippen molar-refractivity contribution in [2.45, 2.75) is 38.0 Å². The minimum absolute atomic E-state index is 0.599. The van der Waals surface area contributed by atoms with Crippen molar-refractivity contribution in [2.24, 2.45) is 0 Å². The third-order valence-electron chi connectivity index (χ3n) is 11.9. The molecule has 0 saturated heterocycles. The maximum Gasteiger partial charge on any atom is 0.0640 e. The van der Waals surface area contributed by atoms with Crippen LogP contribution in [0, 0.1) is 0 Å². The molecule has 1 aliphatic rings. The second-order valence-electron chi connectivity index (χ2n) is 15.0. The van der Waals surface area contributed by atoms with Crippen LogP contribution in [0.1, 0.15) is 43.6 Å². The topological polar surface area (TPSA) is 3.24 Å². The summed E-state index contributed by atoms with van der Waals surface area (Å²) in [7, 11) is 0. The summed E-state index contributed by atoms with van der Waals surface area (Å²) in [4.78, 5) is 2.55. The lowest BCUT2D eigenvalue weighted by molar-refractivity contribution is 0.445. The molecule has 55 heavy (non-hydrogen) atoms. The zero-order chi connectivity index (χ0) is 36.3. The summed E-state index contributed by atoms with van der Waals surface area (Å²) in [6.45, 7) is 0. The largest absolute Gasteiger partial charge is 0.308 e. The standard InChI is InChI=1S/C52H39NS2/c1-2-15-34(16-3-1)38-24-11-17-35-18-12-26-43(50(35)38)40-21-4-7-29-46(40)53(47-30-14-28-45-42-23-6-9-32-49(42)55-52(45)47)37-20-10-19-36(33-37)39-25-13-27-44-41-22-5-8-31-48(41)54-51(39)44/h4-14,17-34H,1-3,15-16H2. The molecule has 1 aliphatic carbocycles. The summed E-state index contributed by atoms with van der Waals surface area (Å²) in [5.41, 5.74) is 10.1. The van der Waals surface area contributed by atoms with Crippen molar-refractivity contribution in [3.8, 4) is 22.3 Å². The highest BCUT2D eigenvalue weighted by Crippen LogP contribution is 2.50. The maximum atomic E-state index is 2.55. The molecule has 10 aromatic rings. The monoisotopic (exact) mass is 741 g/mol. The second-order valence-corrected chi connectivity index (χ2v) is 17.1. The van der Waals surface area contributed by atoms with Crippen molar-refractivity contribution >= 4 is 90.9 Å². The lowest BCUT2D eigenvalue weighted by Gasteiger charge is -2.30. The molecule has 0 N–H and O–H groups in total. The fourth-order valence-electron chi connectivity index (χ4n) is 9.35. The number of anilines is 3. The van der Waals surface area contributed by atoms with Crippen molar-refractivity contribution in [3.05, 3.63) is 175 Å². The minimum atomic E-state index is 0.599. The van der Waals surface area contributed by atoms with E-state index in [1.165, 1.54) is 122 Å². The van der Waals surface area contributed by atoms with Crippen LogP contribution < -0.4 is 4.90 Å². The summed E-state index contributed by atoms with van der Waals surface area (Å²) >= 11 is 3.79. The third-order valence-corrected chi connectivity index (χ3v) is 14.3. The first-order chi connectivity index (χ1) is 27.3. The molecule has 1 nitrogen and oxygen atoms in total. The van der Waals surface area contributed by atoms with E-state index in [0.717, 1.165) is 5.69 Å². The zero-order valence-corrected chi connectivity index (χ0v) is 32.2. The van der Waals surface area contributed by atoms with E-state index in [0.29, 0.717) is 5.92 Å². The Morgan fingerprint density at radius 2 is 1.02 bits per heavy atom. The zero-order valence-electron chi connectivity index (χ0n) is 30.5. The number of nitrogens with zero attached hydrogens (tertiary/aromatic N) is 1. The molecule has 3 heteroatoms. The van der Waals surface area contributed by atoms with E-state index < -0.39 is 0 Å². The molecular formula is C52H39NS2. The molecule has 2 aromatic heterocycles. The van der Waals surface area contributed by atoms with E-state index in [4.69, 9.17) is 0 Å². The Labute approximate surface area is 329 Å². The second kappa shape index (κ2) is 13.5. The van der Waals surface area contributed by atoms with Gasteiger partial charge in [-0.2, -0.15) is 0 Å². The highest BCUT2D eigenvalue weighted by molar-refractivity contribution is 7.26. The van der Waals surface area contributed by atoms with Crippen LogP contribution >= 0.6 is 22.7 Å². The van der Waals surface area contributed by atoms with Crippen LogP contribution in [0.5, 0.6) is 0 Å². The van der Waals surface area contributed by atoms with Crippen LogP contribution in [0.25, 0.3) is 73.4 Å². The highest BCUT2D eigenvalue weighted by atomic mass is 32.1. The number of hydrogen-bond donors (Lipinski definition) is 0. The van der Waals surface area contributed by atoms with Gasteiger partial charge in [0.15, 0.2) is 0 Å². The normalized spacial score (nSPS) is 13.7. The SMILES string of the molecule is c1cc(-c2cccc3c2sc2ccccc23)cc(N(c2ccccc2-c2cccc3cccc(C4CCCCC4)c23)c2cccc3c2sc2ccccc23)c1. The predicted molar refractivity (Wildman–Crippen MR) is 241 cm³/mol. The quantitative estimate of drug-likeness (QED) is 0.164. The Kier molecular flexibility index (Phi) is 8.04. The molecule has 0 unspecified atom stereocenters. The van der Waals surface area contributed by atoms with E-state index in [-0.39, 0.29) is 0 Å². The van der Waals surface area contributed by atoms with Gasteiger partial charge in [0.2, 0.25) is 0 Å². The highest BCUT2D eigenvalue weighted by Gasteiger charge is 2.24. The molecule has 1 fully saturated rings. The van der Waals surface area contributed by atoms with Gasteiger partial charge in [0.25, 0.3) is 0 Å². The van der Waals surface area contributed by atoms with Gasteiger partial charge in [-0.1, -0.05) is 153 Å². The fraction of sp³-hybridized carbons (Fsp3) is 0.115. The van der Waals surface area contributed by atoms with Gasteiger partial charge in [-0.3, -0.25) is 0 Å². The molecule has 0 atom stereocenters. The van der Waals surface area contributed by atoms with Gasteiger partial charge in [0, 0.05) is 46.9 Å². The maximum absolute atomic E-state index is 2.55. The van der Waals surface area contributed by atoms with Gasteiger partial charge in [-0.15, -0.1) is 22.7 Å². The first-order valence-electron chi connectivity index (χ1n) is 19.6. The number of para-hydroxylation sites is 1. The van der Waals surface area contributed by atoms with Gasteiger partial charge in [-0.25, -0.2) is 0 Å². The van der Waals surface area contributed by atoms with Crippen molar-refractivity contribution < 1.29 is 0 Å². The van der Waals surface area contributed by atoms with E-state index in [9.17, 15) is 0 Å². The van der Waals surface area contributed by atoms with E-state index >= 15 is 0 Å². The van der Waals surface area contributed by atoms with E-state index in [1.807, 2.05) is 22.7 Å². The van der Waals surface area contributed by atoms with Crippen LogP contribution in [0.4, 0.5) is 17.1 Å². The van der Waals surface area contributed by atoms with Gasteiger partial charge < -0.3 is 4.90 Å². The predicted octanol–water partition coefficient (Wildman–Crippen LogP) is 16.4. The van der Waals surface area contributed by atoms with Gasteiger partial charge in [0.1, 0.15) is 0 Å². The summed E-state index contributed by atoms with van der Waals surface area (Å²) < 4.78 is 5.28. The molecular weight excluding hydrogens is 703 g/mol. The Balaban J connectivity index is 1.17. The van der Waals surface area contributed by atoms with Crippen LogP contribution in [0.3, 0.4) is 0 Å². The third kappa shape index (κ3) is 5.48. The summed E-state index contributed by atoms with van der Waals surface area (Å²) in [5.74, 6) is 0.599. The van der Waals surface area contributed by atoms with Crippen molar-refractivity contribution in [3.63, 3.8) is 0 Å². The first-order valence-corrected chi connectivity index (χ1v) is 21.3. The van der Waals surface area contributed by atoms with Crippen LogP contribution in [-0.4, -0.2) is 0 Å². The number of thiophene rings is 2. The van der Waals surface area contributed by atoms with E-state index in [2.05, 4.69) is 175 Å². The first kappa shape index (κ1) is 32.7. The summed E-state index contributed by atoms with van der Waals surface area (Å²) in [6.07, 6.45) is 6.53. The van der Waals surface area contributed by atoms with Crippen molar-refractivity contribution in [1.29, 1.82) is 0 Å². The average Bonchev–Trinajstić information content (AvgIpc) is 3.83. The van der Waals surface area contributed by atoms with Crippen LogP contribution in [0.2, 0.25) is 0 Å². The van der Waals surface area contributed by atoms with Gasteiger partial charge in [-0.05, 0) is 88.2 Å². The Morgan fingerprint density at radius 3 is 1.84 bits per heavy atom. The average molecular weight is 742 g/mol. The molecule has 0 aliphatic heterocycles. The lowest BCUT2D eigenvalue weighted by atomic mass is 9.80. The lowest BCUT2D eigenvalue weighted by Crippen LogP contribution is -2.12. The smallest absolute Gasteiger partial charge is 0.0640 e.